The Kier molecular flexibility index (Phi) is 7.43. The Morgan fingerprint density at radius 1 is 1.23 bits per heavy atom. The molecule has 2 aromatic heterocycles. The Hall–Kier alpha value is -4.09. The predicted molar refractivity (Wildman–Crippen MR) is 147 cm³/mol. The lowest BCUT2D eigenvalue weighted by Crippen LogP contribution is -2.37. The number of aryl methyl sites for hydroxylation is 1. The summed E-state index contributed by atoms with van der Waals surface area (Å²) in [6.07, 6.45) is 0.690. The molecule has 1 saturated heterocycles. The van der Waals surface area contributed by atoms with E-state index in [1.54, 1.807) is 20.2 Å². The number of nitrogens with zero attached hydrogens (tertiary/aromatic N) is 6. The van der Waals surface area contributed by atoms with Gasteiger partial charge in [0.25, 0.3) is 0 Å². The van der Waals surface area contributed by atoms with Crippen molar-refractivity contribution in [3.8, 4) is 23.0 Å². The van der Waals surface area contributed by atoms with Gasteiger partial charge in [-0.1, -0.05) is 0 Å². The molecule has 40 heavy (non-hydrogen) atoms. The third-order valence-corrected chi connectivity index (χ3v) is 7.22. The number of imidazole rings is 1. The molecule has 3 aromatic rings. The number of halogens is 3. The van der Waals surface area contributed by atoms with Crippen LogP contribution in [0.3, 0.4) is 0 Å². The van der Waals surface area contributed by atoms with Gasteiger partial charge < -0.3 is 24.7 Å². The van der Waals surface area contributed by atoms with Crippen LogP contribution in [-0.4, -0.2) is 59.1 Å². The van der Waals surface area contributed by atoms with Gasteiger partial charge in [0.1, 0.15) is 17.9 Å². The van der Waals surface area contributed by atoms with E-state index < -0.39 is 11.9 Å². The number of hydrogen-bond donors (Lipinski definition) is 1. The van der Waals surface area contributed by atoms with Gasteiger partial charge in [-0.3, -0.25) is 4.99 Å². The van der Waals surface area contributed by atoms with Gasteiger partial charge in [-0.2, -0.15) is 13.2 Å². The van der Waals surface area contributed by atoms with Crippen molar-refractivity contribution < 1.29 is 22.6 Å². The lowest BCUT2D eigenvalue weighted by Gasteiger charge is -2.33. The van der Waals surface area contributed by atoms with Crippen LogP contribution in [0.5, 0.6) is 11.6 Å². The number of hydrogen-bond acceptors (Lipinski definition) is 8. The monoisotopic (exact) mass is 555 g/mol. The second-order valence-corrected chi connectivity index (χ2v) is 9.82. The van der Waals surface area contributed by atoms with E-state index in [-0.39, 0.29) is 5.82 Å². The van der Waals surface area contributed by atoms with E-state index in [2.05, 4.69) is 24.8 Å². The summed E-state index contributed by atoms with van der Waals surface area (Å²) in [5.41, 5.74) is 11.1. The molecule has 1 aliphatic carbocycles. The number of ether oxygens (including phenoxy) is 2. The first-order valence-corrected chi connectivity index (χ1v) is 13.1. The average Bonchev–Trinajstić information content (AvgIpc) is 3.72. The predicted octanol–water partition coefficient (Wildman–Crippen LogP) is 4.83. The third-order valence-electron chi connectivity index (χ3n) is 7.22. The van der Waals surface area contributed by atoms with Crippen molar-refractivity contribution in [3.63, 3.8) is 0 Å². The number of benzene rings is 1. The number of aliphatic imine (C=N–C) groups is 1. The molecule has 0 unspecified atom stereocenters. The van der Waals surface area contributed by atoms with Crippen molar-refractivity contribution in [2.75, 3.05) is 38.8 Å². The van der Waals surface area contributed by atoms with Crippen molar-refractivity contribution >= 4 is 17.1 Å². The van der Waals surface area contributed by atoms with E-state index in [1.807, 2.05) is 19.1 Å². The molecule has 212 valence electrons. The Morgan fingerprint density at radius 3 is 2.62 bits per heavy atom. The molecule has 0 atom stereocenters. The topological polar surface area (TPSA) is 104 Å². The van der Waals surface area contributed by atoms with Gasteiger partial charge >= 0.3 is 6.18 Å². The molecule has 3 heterocycles. The van der Waals surface area contributed by atoms with Crippen molar-refractivity contribution in [2.24, 2.45) is 17.8 Å². The van der Waals surface area contributed by atoms with E-state index in [4.69, 9.17) is 15.2 Å². The molecule has 12 heteroatoms. The zero-order chi connectivity index (χ0) is 28.6. The Bertz CT molecular complexity index is 1480. The molecule has 0 amide bonds. The summed E-state index contributed by atoms with van der Waals surface area (Å²) in [4.78, 5) is 19.4. The van der Waals surface area contributed by atoms with E-state index in [9.17, 15) is 13.2 Å². The third kappa shape index (κ3) is 5.22. The molecule has 1 aliphatic heterocycles. The summed E-state index contributed by atoms with van der Waals surface area (Å²) in [7, 11) is 4.86. The Labute approximate surface area is 230 Å². The van der Waals surface area contributed by atoms with Crippen LogP contribution < -0.4 is 20.1 Å². The summed E-state index contributed by atoms with van der Waals surface area (Å²) < 4.78 is 52.7. The zero-order valence-electron chi connectivity index (χ0n) is 22.9. The van der Waals surface area contributed by atoms with Crippen molar-refractivity contribution in [1.29, 1.82) is 0 Å². The molecule has 1 saturated carbocycles. The minimum Gasteiger partial charge on any atom is -0.493 e. The molecular weight excluding hydrogens is 523 g/mol. The number of nitrogens with two attached hydrogens (primary N) is 1. The number of rotatable bonds is 7. The molecule has 2 aliphatic rings. The fourth-order valence-corrected chi connectivity index (χ4v) is 5.09. The number of aromatic nitrogens is 4. The van der Waals surface area contributed by atoms with Crippen molar-refractivity contribution in [2.45, 2.75) is 38.3 Å². The molecule has 2 N–H and O–H groups in total. The number of methoxy groups -OCH3 is 1. The van der Waals surface area contributed by atoms with E-state index in [0.29, 0.717) is 60.5 Å². The van der Waals surface area contributed by atoms with Gasteiger partial charge in [0.2, 0.25) is 5.88 Å². The van der Waals surface area contributed by atoms with Crippen LogP contribution in [0, 0.1) is 0 Å². The fourth-order valence-electron chi connectivity index (χ4n) is 5.09. The van der Waals surface area contributed by atoms with Gasteiger partial charge in [-0.05, 0) is 31.9 Å². The first-order valence-electron chi connectivity index (χ1n) is 13.1. The van der Waals surface area contributed by atoms with Crippen LogP contribution in [0.2, 0.25) is 0 Å². The molecule has 0 radical (unpaired) electrons. The second-order valence-electron chi connectivity index (χ2n) is 9.82. The highest BCUT2D eigenvalue weighted by molar-refractivity contribution is 6.08. The van der Waals surface area contributed by atoms with Crippen LogP contribution in [0.15, 0.2) is 41.3 Å². The summed E-state index contributed by atoms with van der Waals surface area (Å²) in [6.45, 7) is 3.31. The highest BCUT2D eigenvalue weighted by Crippen LogP contribution is 2.44. The van der Waals surface area contributed by atoms with Gasteiger partial charge in [0.05, 0.1) is 36.2 Å². The lowest BCUT2D eigenvalue weighted by molar-refractivity contribution is -0.140. The van der Waals surface area contributed by atoms with Crippen LogP contribution in [0.25, 0.3) is 17.1 Å². The highest BCUT2D eigenvalue weighted by Gasteiger charge is 2.35. The molecule has 2 fully saturated rings. The minimum atomic E-state index is -4.54. The highest BCUT2D eigenvalue weighted by atomic mass is 19.4. The lowest BCUT2D eigenvalue weighted by atomic mass is 9.95. The first-order chi connectivity index (χ1) is 19.2. The van der Waals surface area contributed by atoms with Crippen LogP contribution in [-0.2, 0) is 13.2 Å². The summed E-state index contributed by atoms with van der Waals surface area (Å²) >= 11 is 0. The second kappa shape index (κ2) is 10.8. The first kappa shape index (κ1) is 27.5. The maximum Gasteiger partial charge on any atom is 0.434 e. The smallest absolute Gasteiger partial charge is 0.434 e. The normalized spacial score (nSPS) is 18.3. The summed E-state index contributed by atoms with van der Waals surface area (Å²) in [6, 6.07) is 5.45. The molecule has 5 rings (SSSR count). The molecule has 1 aromatic carbocycles. The van der Waals surface area contributed by atoms with Gasteiger partial charge in [0.15, 0.2) is 5.69 Å². The maximum atomic E-state index is 13.3. The Balaban J connectivity index is 1.53. The Morgan fingerprint density at radius 2 is 2.00 bits per heavy atom. The summed E-state index contributed by atoms with van der Waals surface area (Å²) in [5.74, 6) is 1.39. The van der Waals surface area contributed by atoms with Gasteiger partial charge in [-0.15, -0.1) is 0 Å². The van der Waals surface area contributed by atoms with Crippen molar-refractivity contribution in [3.05, 3.63) is 53.2 Å². The average molecular weight is 556 g/mol. The molecular formula is C28H32F3N7O2. The standard InChI is InChI=1S/C28H32F3N7O2/c1-5-40-21-12-17(8-9-18(21)26-36-22(14-37(26)3)28(29,30)31)38-11-10-20(33-2)19(13-38)24(32)23-25(16-6-7-16)34-15-35-27(23)39-4/h8-9,12,14-16H,5-7,10-11,13,32H2,1-4H3/b24-19-,33-20?. The van der Waals surface area contributed by atoms with Crippen LogP contribution in [0.4, 0.5) is 18.9 Å². The molecule has 0 spiro atoms. The number of piperidine rings is 1. The molecule has 0 bridgehead atoms. The van der Waals surface area contributed by atoms with Gasteiger partial charge in [0, 0.05) is 68.8 Å². The molecule has 9 nitrogen and oxygen atoms in total. The number of alkyl halides is 3. The SMILES string of the molecule is CCOc1cc(N2CCC(=NC)/C(=C(\N)c3c(OC)ncnc3C3CC3)C2)ccc1-c1nc(C(F)(F)F)cn1C. The largest absolute Gasteiger partial charge is 0.493 e. The zero-order valence-corrected chi connectivity index (χ0v) is 22.9. The van der Waals surface area contributed by atoms with E-state index >= 15 is 0 Å². The fraction of sp³-hybridized carbons (Fsp3) is 0.429. The van der Waals surface area contributed by atoms with E-state index in [0.717, 1.165) is 41.7 Å². The quantitative estimate of drug-likeness (QED) is 0.445. The van der Waals surface area contributed by atoms with Crippen LogP contribution >= 0.6 is 0 Å². The minimum absolute atomic E-state index is 0.176. The van der Waals surface area contributed by atoms with E-state index in [1.165, 1.54) is 17.9 Å². The maximum absolute atomic E-state index is 13.3. The van der Waals surface area contributed by atoms with Crippen LogP contribution in [0.1, 0.15) is 49.1 Å². The van der Waals surface area contributed by atoms with Crippen molar-refractivity contribution in [1.82, 2.24) is 19.5 Å². The number of anilines is 1. The van der Waals surface area contributed by atoms with Gasteiger partial charge in [-0.25, -0.2) is 15.0 Å². The summed E-state index contributed by atoms with van der Waals surface area (Å²) in [5, 5.41) is 0.